The van der Waals surface area contributed by atoms with Crippen LogP contribution in [-0.4, -0.2) is 5.91 Å². The van der Waals surface area contributed by atoms with Crippen LogP contribution in [-0.2, 0) is 6.42 Å². The third-order valence-electron chi connectivity index (χ3n) is 3.75. The molecule has 0 aliphatic carbocycles. The van der Waals surface area contributed by atoms with Crippen molar-refractivity contribution in [2.75, 3.05) is 0 Å². The third kappa shape index (κ3) is 7.68. The lowest BCUT2D eigenvalue weighted by Crippen LogP contribution is -2.10. The van der Waals surface area contributed by atoms with Crippen LogP contribution in [0, 0.1) is 11.8 Å². The van der Waals surface area contributed by atoms with Crippen molar-refractivity contribution in [2.45, 2.75) is 34.1 Å². The van der Waals surface area contributed by atoms with Crippen molar-refractivity contribution < 1.29 is 4.79 Å². The molecule has 134 valence electrons. The van der Waals surface area contributed by atoms with Crippen molar-refractivity contribution in [1.82, 2.24) is 0 Å². The molecule has 2 nitrogen and oxygen atoms in total. The summed E-state index contributed by atoms with van der Waals surface area (Å²) in [4.78, 5) is 11.1. The number of nitrogens with two attached hydrogens (primary N) is 1. The monoisotopic (exact) mass is 345 g/mol. The Morgan fingerprint density at radius 1 is 1.04 bits per heavy atom. The SMILES string of the molecule is C/C=C\C(C)=C/C.CCc1ccc(C#Cc2cccc(C(N)=O)c2)cc1. The highest BCUT2D eigenvalue weighted by Gasteiger charge is 1.99. The van der Waals surface area contributed by atoms with Gasteiger partial charge in [0.1, 0.15) is 0 Å². The maximum absolute atomic E-state index is 11.1. The molecule has 0 radical (unpaired) electrons. The summed E-state index contributed by atoms with van der Waals surface area (Å²) < 4.78 is 0. The Balaban J connectivity index is 0.000000412. The quantitative estimate of drug-likeness (QED) is 0.597. The topological polar surface area (TPSA) is 43.1 Å². The summed E-state index contributed by atoms with van der Waals surface area (Å²) in [6, 6.07) is 15.2. The molecule has 2 aromatic rings. The van der Waals surface area contributed by atoms with Gasteiger partial charge in [0.2, 0.25) is 5.91 Å². The molecule has 26 heavy (non-hydrogen) atoms. The highest BCUT2D eigenvalue weighted by Crippen LogP contribution is 2.06. The van der Waals surface area contributed by atoms with Gasteiger partial charge in [0.15, 0.2) is 0 Å². The molecule has 2 heteroatoms. The lowest BCUT2D eigenvalue weighted by molar-refractivity contribution is 0.100. The smallest absolute Gasteiger partial charge is 0.248 e. The predicted octanol–water partition coefficient (Wildman–Crippen LogP) is 5.28. The maximum Gasteiger partial charge on any atom is 0.248 e. The highest BCUT2D eigenvalue weighted by atomic mass is 16.1. The molecule has 0 saturated heterocycles. The Morgan fingerprint density at radius 2 is 1.69 bits per heavy atom. The van der Waals surface area contributed by atoms with Crippen molar-refractivity contribution in [1.29, 1.82) is 0 Å². The van der Waals surface area contributed by atoms with Gasteiger partial charge in [-0.05, 0) is 63.1 Å². The van der Waals surface area contributed by atoms with Gasteiger partial charge in [-0.3, -0.25) is 4.79 Å². The number of carbonyl (C=O) groups excluding carboxylic acids is 1. The van der Waals surface area contributed by atoms with Crippen molar-refractivity contribution in [2.24, 2.45) is 5.73 Å². The Morgan fingerprint density at radius 3 is 2.19 bits per heavy atom. The molecule has 0 atom stereocenters. The zero-order valence-corrected chi connectivity index (χ0v) is 16.0. The molecule has 0 spiro atoms. The standard InChI is InChI=1S/C17H15NO.C7H12/c1-2-13-6-8-14(9-7-13)10-11-15-4-3-5-16(12-15)17(18)19;1-4-6-7(3)5-2/h3-9,12H,2H2,1H3,(H2,18,19);4-6H,1-3H3/b;6-4-,7-5-. The van der Waals surface area contributed by atoms with Gasteiger partial charge in [-0.2, -0.15) is 0 Å². The molecule has 2 aromatic carbocycles. The van der Waals surface area contributed by atoms with E-state index in [1.54, 1.807) is 18.2 Å². The number of carbonyl (C=O) groups is 1. The van der Waals surface area contributed by atoms with Crippen molar-refractivity contribution in [3.05, 3.63) is 94.6 Å². The Kier molecular flexibility index (Phi) is 9.28. The number of hydrogen-bond acceptors (Lipinski definition) is 1. The first-order chi connectivity index (χ1) is 12.5. The number of primary amides is 1. The average molecular weight is 345 g/mol. The Bertz CT molecular complexity index is 831. The second-order valence-corrected chi connectivity index (χ2v) is 5.78. The average Bonchev–Trinajstić information content (AvgIpc) is 2.67. The minimum atomic E-state index is -0.434. The third-order valence-corrected chi connectivity index (χ3v) is 3.75. The van der Waals surface area contributed by atoms with E-state index in [1.807, 2.05) is 38.1 Å². The van der Waals surface area contributed by atoms with Gasteiger partial charge in [0.05, 0.1) is 0 Å². The number of benzene rings is 2. The summed E-state index contributed by atoms with van der Waals surface area (Å²) in [5, 5.41) is 0. The van der Waals surface area contributed by atoms with Crippen LogP contribution in [0.2, 0.25) is 0 Å². The number of amides is 1. The molecular weight excluding hydrogens is 318 g/mol. The van der Waals surface area contributed by atoms with Crippen LogP contribution in [0.3, 0.4) is 0 Å². The molecule has 0 fully saturated rings. The first-order valence-corrected chi connectivity index (χ1v) is 8.76. The number of allylic oxidation sites excluding steroid dienone is 4. The summed E-state index contributed by atoms with van der Waals surface area (Å²) in [5.41, 5.74) is 10.1. The highest BCUT2D eigenvalue weighted by molar-refractivity contribution is 5.93. The van der Waals surface area contributed by atoms with E-state index >= 15 is 0 Å². The summed E-state index contributed by atoms with van der Waals surface area (Å²) in [6.45, 7) is 8.26. The Labute approximate surface area is 157 Å². The summed E-state index contributed by atoms with van der Waals surface area (Å²) in [5.74, 6) is 5.68. The number of aryl methyl sites for hydroxylation is 1. The normalized spacial score (nSPS) is 10.5. The van der Waals surface area contributed by atoms with E-state index in [0.29, 0.717) is 5.56 Å². The van der Waals surface area contributed by atoms with Crippen LogP contribution in [0.5, 0.6) is 0 Å². The molecule has 2 rings (SSSR count). The van der Waals surface area contributed by atoms with Gasteiger partial charge in [-0.25, -0.2) is 0 Å². The molecule has 0 unspecified atom stereocenters. The van der Waals surface area contributed by atoms with Gasteiger partial charge < -0.3 is 5.73 Å². The largest absolute Gasteiger partial charge is 0.366 e. The van der Waals surface area contributed by atoms with Crippen LogP contribution >= 0.6 is 0 Å². The first kappa shape index (κ1) is 21.0. The van der Waals surface area contributed by atoms with Crippen LogP contribution in [0.1, 0.15) is 54.7 Å². The zero-order valence-electron chi connectivity index (χ0n) is 16.0. The first-order valence-electron chi connectivity index (χ1n) is 8.76. The fourth-order valence-electron chi connectivity index (χ4n) is 2.08. The van der Waals surface area contributed by atoms with E-state index in [-0.39, 0.29) is 0 Å². The van der Waals surface area contributed by atoms with Crippen molar-refractivity contribution >= 4 is 5.91 Å². The van der Waals surface area contributed by atoms with Crippen LogP contribution in [0.15, 0.2) is 72.3 Å². The molecule has 0 aliphatic rings. The van der Waals surface area contributed by atoms with Crippen LogP contribution in [0.4, 0.5) is 0 Å². The Hall–Kier alpha value is -3.05. The molecule has 0 aromatic heterocycles. The van der Waals surface area contributed by atoms with Crippen LogP contribution < -0.4 is 5.73 Å². The van der Waals surface area contributed by atoms with E-state index < -0.39 is 5.91 Å². The van der Waals surface area contributed by atoms with E-state index in [0.717, 1.165) is 17.5 Å². The molecule has 0 bridgehead atoms. The lowest BCUT2D eigenvalue weighted by atomic mass is 10.1. The zero-order chi connectivity index (χ0) is 19.4. The number of hydrogen-bond donors (Lipinski definition) is 1. The summed E-state index contributed by atoms with van der Waals surface area (Å²) in [7, 11) is 0. The molecule has 0 aliphatic heterocycles. The fraction of sp³-hybridized carbons (Fsp3) is 0.208. The summed E-state index contributed by atoms with van der Waals surface area (Å²) >= 11 is 0. The maximum atomic E-state index is 11.1. The molecule has 1 amide bonds. The van der Waals surface area contributed by atoms with Crippen molar-refractivity contribution in [3.63, 3.8) is 0 Å². The minimum absolute atomic E-state index is 0.434. The molecule has 2 N–H and O–H groups in total. The lowest BCUT2D eigenvalue weighted by Gasteiger charge is -1.96. The van der Waals surface area contributed by atoms with Gasteiger partial charge >= 0.3 is 0 Å². The summed E-state index contributed by atoms with van der Waals surface area (Å²) in [6.07, 6.45) is 7.23. The van der Waals surface area contributed by atoms with E-state index in [1.165, 1.54) is 11.1 Å². The van der Waals surface area contributed by atoms with Gasteiger partial charge in [0, 0.05) is 16.7 Å². The molecular formula is C24H27NO. The fourth-order valence-corrected chi connectivity index (χ4v) is 2.08. The second-order valence-electron chi connectivity index (χ2n) is 5.78. The van der Waals surface area contributed by atoms with E-state index in [4.69, 9.17) is 5.73 Å². The predicted molar refractivity (Wildman–Crippen MR) is 111 cm³/mol. The molecule has 0 heterocycles. The molecule has 0 saturated carbocycles. The van der Waals surface area contributed by atoms with Crippen LogP contribution in [0.25, 0.3) is 0 Å². The van der Waals surface area contributed by atoms with Crippen molar-refractivity contribution in [3.8, 4) is 11.8 Å². The minimum Gasteiger partial charge on any atom is -0.366 e. The van der Waals surface area contributed by atoms with Gasteiger partial charge in [-0.1, -0.05) is 60.8 Å². The second kappa shape index (κ2) is 11.5. The van der Waals surface area contributed by atoms with E-state index in [9.17, 15) is 4.79 Å². The number of rotatable bonds is 3. The van der Waals surface area contributed by atoms with Gasteiger partial charge in [0.25, 0.3) is 0 Å². The van der Waals surface area contributed by atoms with E-state index in [2.05, 4.69) is 50.0 Å². The van der Waals surface area contributed by atoms with Gasteiger partial charge in [-0.15, -0.1) is 0 Å².